The maximum Gasteiger partial charge on any atom is 0.368 e. The van der Waals surface area contributed by atoms with Crippen molar-refractivity contribution in [3.63, 3.8) is 0 Å². The highest BCUT2D eigenvalue weighted by atomic mass is 19.1. The molecule has 0 aliphatic carbocycles. The third-order valence-corrected chi connectivity index (χ3v) is 4.63. The predicted octanol–water partition coefficient (Wildman–Crippen LogP) is 2.25. The third-order valence-electron chi connectivity index (χ3n) is 4.63. The summed E-state index contributed by atoms with van der Waals surface area (Å²) in [6.45, 7) is 5.05. The van der Waals surface area contributed by atoms with Crippen LogP contribution in [-0.2, 0) is 0 Å². The van der Waals surface area contributed by atoms with Gasteiger partial charge in [0.25, 0.3) is 0 Å². The number of hydrogen-bond donors (Lipinski definition) is 2. The van der Waals surface area contributed by atoms with Gasteiger partial charge in [0.2, 0.25) is 0 Å². The molecule has 2 aromatic carbocycles. The Hall–Kier alpha value is -2.91. The quantitative estimate of drug-likeness (QED) is 0.632. The minimum Gasteiger partial charge on any atom is -0.376 e. The number of halogens is 2. The van der Waals surface area contributed by atoms with Gasteiger partial charge in [-0.3, -0.25) is 5.32 Å². The fourth-order valence-corrected chi connectivity index (χ4v) is 2.76. The first-order valence-electron chi connectivity index (χ1n) is 8.78. The molecule has 0 bridgehead atoms. The summed E-state index contributed by atoms with van der Waals surface area (Å²) in [4.78, 5) is 12.6. The van der Waals surface area contributed by atoms with E-state index in [0.717, 1.165) is 9.36 Å². The van der Waals surface area contributed by atoms with E-state index >= 15 is 0 Å². The van der Waals surface area contributed by atoms with Crippen molar-refractivity contribution in [3.8, 4) is 5.69 Å². The molecule has 1 aromatic heterocycles. The Morgan fingerprint density at radius 2 is 1.75 bits per heavy atom. The highest BCUT2D eigenvalue weighted by Gasteiger charge is 2.23. The molecule has 0 fully saturated rings. The van der Waals surface area contributed by atoms with E-state index in [1.54, 1.807) is 32.9 Å². The molecule has 3 rings (SSSR count). The highest BCUT2D eigenvalue weighted by molar-refractivity contribution is 5.29. The Bertz CT molecular complexity index is 1020. The van der Waals surface area contributed by atoms with Gasteiger partial charge in [0.05, 0.1) is 11.7 Å². The number of rotatable bonds is 6. The van der Waals surface area contributed by atoms with Crippen LogP contribution in [0.1, 0.15) is 37.1 Å². The molecular weight excluding hydrogens is 368 g/mol. The molecule has 9 heteroatoms. The van der Waals surface area contributed by atoms with Crippen molar-refractivity contribution < 1.29 is 13.9 Å². The fourth-order valence-electron chi connectivity index (χ4n) is 2.76. The van der Waals surface area contributed by atoms with Gasteiger partial charge in [0.15, 0.2) is 0 Å². The zero-order valence-corrected chi connectivity index (χ0v) is 15.7. The largest absolute Gasteiger partial charge is 0.376 e. The zero-order valence-electron chi connectivity index (χ0n) is 15.7. The second-order valence-electron chi connectivity index (χ2n) is 6.68. The van der Waals surface area contributed by atoms with E-state index in [0.29, 0.717) is 16.8 Å². The van der Waals surface area contributed by atoms with Gasteiger partial charge in [-0.2, -0.15) is 9.36 Å². The SMILES string of the molecule is Cc1ccc([C@H](C)NC(O)[C@@H](C)n2nnn(-c3ccc(F)cc3)c2=O)cc1F. The van der Waals surface area contributed by atoms with Crippen molar-refractivity contribution in [2.45, 2.75) is 39.1 Å². The van der Waals surface area contributed by atoms with Gasteiger partial charge in [-0.1, -0.05) is 12.1 Å². The van der Waals surface area contributed by atoms with Crippen LogP contribution in [0.4, 0.5) is 8.78 Å². The molecule has 0 saturated heterocycles. The smallest absolute Gasteiger partial charge is 0.368 e. The number of aliphatic hydroxyl groups is 1. The van der Waals surface area contributed by atoms with Crippen LogP contribution in [0.5, 0.6) is 0 Å². The lowest BCUT2D eigenvalue weighted by Gasteiger charge is -2.23. The summed E-state index contributed by atoms with van der Waals surface area (Å²) in [5, 5.41) is 21.0. The number of aliphatic hydroxyl groups excluding tert-OH is 1. The maximum absolute atomic E-state index is 13.8. The predicted molar refractivity (Wildman–Crippen MR) is 99.0 cm³/mol. The molecule has 0 spiro atoms. The Labute approximate surface area is 160 Å². The molecule has 148 valence electrons. The van der Waals surface area contributed by atoms with Crippen LogP contribution in [0.15, 0.2) is 47.3 Å². The molecule has 0 aliphatic heterocycles. The lowest BCUT2D eigenvalue weighted by Crippen LogP contribution is -2.41. The Balaban J connectivity index is 1.76. The first-order chi connectivity index (χ1) is 13.3. The molecule has 1 unspecified atom stereocenters. The number of aryl methyl sites for hydroxylation is 1. The molecular formula is C19H21F2N5O2. The monoisotopic (exact) mass is 389 g/mol. The third kappa shape index (κ3) is 4.00. The number of benzene rings is 2. The van der Waals surface area contributed by atoms with Crippen molar-refractivity contribution in [2.24, 2.45) is 0 Å². The van der Waals surface area contributed by atoms with E-state index in [1.807, 2.05) is 0 Å². The van der Waals surface area contributed by atoms with Gasteiger partial charge in [-0.15, -0.1) is 0 Å². The minimum absolute atomic E-state index is 0.327. The second kappa shape index (κ2) is 7.99. The van der Waals surface area contributed by atoms with Gasteiger partial charge in [0.1, 0.15) is 17.9 Å². The second-order valence-corrected chi connectivity index (χ2v) is 6.68. The first-order valence-corrected chi connectivity index (χ1v) is 8.78. The van der Waals surface area contributed by atoms with Crippen molar-refractivity contribution in [2.75, 3.05) is 0 Å². The molecule has 0 radical (unpaired) electrons. The topological polar surface area (TPSA) is 85.0 Å². The van der Waals surface area contributed by atoms with Gasteiger partial charge in [-0.25, -0.2) is 13.6 Å². The number of tetrazole rings is 1. The normalized spacial score (nSPS) is 14.6. The van der Waals surface area contributed by atoms with E-state index < -0.39 is 23.8 Å². The summed E-state index contributed by atoms with van der Waals surface area (Å²) in [6, 6.07) is 8.96. The van der Waals surface area contributed by atoms with E-state index in [9.17, 15) is 18.7 Å². The standard InChI is InChI=1S/C19H21F2N5O2/c1-11-4-5-14(10-17(11)21)12(2)22-18(27)13(3)25-19(28)26(24-23-25)16-8-6-15(20)7-9-16/h4-10,12-13,18,22,27H,1-3H3/t12-,13+,18?/m0/s1. The fraction of sp³-hybridized carbons (Fsp3) is 0.316. The van der Waals surface area contributed by atoms with Crippen LogP contribution < -0.4 is 11.0 Å². The van der Waals surface area contributed by atoms with Crippen LogP contribution in [0.25, 0.3) is 5.69 Å². The average molecular weight is 389 g/mol. The van der Waals surface area contributed by atoms with Gasteiger partial charge < -0.3 is 5.11 Å². The first kappa shape index (κ1) is 19.8. The molecule has 3 atom stereocenters. The number of nitrogens with one attached hydrogen (secondary N) is 1. The van der Waals surface area contributed by atoms with Crippen LogP contribution in [0.2, 0.25) is 0 Å². The van der Waals surface area contributed by atoms with Crippen molar-refractivity contribution in [1.82, 2.24) is 25.1 Å². The lowest BCUT2D eigenvalue weighted by molar-refractivity contribution is 0.0693. The van der Waals surface area contributed by atoms with E-state index in [1.165, 1.54) is 30.3 Å². The van der Waals surface area contributed by atoms with Crippen LogP contribution in [0.3, 0.4) is 0 Å². The van der Waals surface area contributed by atoms with E-state index in [-0.39, 0.29) is 11.9 Å². The summed E-state index contributed by atoms with van der Waals surface area (Å²) in [5.41, 5.74) is 0.982. The Kier molecular flexibility index (Phi) is 5.66. The summed E-state index contributed by atoms with van der Waals surface area (Å²) in [6.07, 6.45) is -1.14. The number of hydrogen-bond acceptors (Lipinski definition) is 5. The molecule has 28 heavy (non-hydrogen) atoms. The van der Waals surface area contributed by atoms with Crippen LogP contribution in [-0.4, -0.2) is 31.1 Å². The van der Waals surface area contributed by atoms with Crippen molar-refractivity contribution in [3.05, 3.63) is 75.7 Å². The molecule has 3 aromatic rings. The van der Waals surface area contributed by atoms with E-state index in [2.05, 4.69) is 15.7 Å². The van der Waals surface area contributed by atoms with Crippen molar-refractivity contribution >= 4 is 0 Å². The Morgan fingerprint density at radius 1 is 1.07 bits per heavy atom. The highest BCUT2D eigenvalue weighted by Crippen LogP contribution is 2.18. The maximum atomic E-state index is 13.8. The Morgan fingerprint density at radius 3 is 2.39 bits per heavy atom. The van der Waals surface area contributed by atoms with Crippen LogP contribution >= 0.6 is 0 Å². The van der Waals surface area contributed by atoms with Crippen LogP contribution in [0, 0.1) is 18.6 Å². The molecule has 2 N–H and O–H groups in total. The summed E-state index contributed by atoms with van der Waals surface area (Å²) < 4.78 is 28.9. The van der Waals surface area contributed by atoms with Gasteiger partial charge >= 0.3 is 5.69 Å². The zero-order chi connectivity index (χ0) is 20.4. The summed E-state index contributed by atoms with van der Waals surface area (Å²) in [5.74, 6) is -0.758. The van der Waals surface area contributed by atoms with E-state index in [4.69, 9.17) is 0 Å². The molecule has 0 saturated carbocycles. The number of aromatic nitrogens is 4. The van der Waals surface area contributed by atoms with Gasteiger partial charge in [-0.05, 0) is 72.7 Å². The summed E-state index contributed by atoms with van der Waals surface area (Å²) in [7, 11) is 0. The minimum atomic E-state index is -1.14. The molecule has 1 heterocycles. The molecule has 7 nitrogen and oxygen atoms in total. The average Bonchev–Trinajstić information content (AvgIpc) is 3.05. The number of nitrogens with zero attached hydrogens (tertiary/aromatic N) is 4. The molecule has 0 aliphatic rings. The lowest BCUT2D eigenvalue weighted by atomic mass is 10.1. The summed E-state index contributed by atoms with van der Waals surface area (Å²) >= 11 is 0. The van der Waals surface area contributed by atoms with Crippen molar-refractivity contribution in [1.29, 1.82) is 0 Å². The van der Waals surface area contributed by atoms with Gasteiger partial charge in [0, 0.05) is 6.04 Å². The molecule has 0 amide bonds.